The van der Waals surface area contributed by atoms with E-state index in [1.54, 1.807) is 0 Å². The molecule has 0 saturated carbocycles. The van der Waals surface area contributed by atoms with E-state index in [1.807, 2.05) is 36.1 Å². The number of carbonyl (C=O) groups excluding carboxylic acids is 2. The van der Waals surface area contributed by atoms with Gasteiger partial charge in [0.1, 0.15) is 5.54 Å². The Balaban J connectivity index is 1.63. The number of alkyl halides is 6. The van der Waals surface area contributed by atoms with Crippen LogP contribution in [-0.2, 0) is 17.1 Å². The smallest absolute Gasteiger partial charge is 0.395 e. The van der Waals surface area contributed by atoms with Crippen molar-refractivity contribution in [2.24, 2.45) is 0 Å². The number of nitrogens with zero attached hydrogens (tertiary/aromatic N) is 3. The van der Waals surface area contributed by atoms with Crippen LogP contribution in [0.4, 0.5) is 32.0 Å². The summed E-state index contributed by atoms with van der Waals surface area (Å²) in [4.78, 5) is 31.1. The first-order valence-electron chi connectivity index (χ1n) is 11.6. The van der Waals surface area contributed by atoms with Crippen LogP contribution in [0, 0.1) is 6.92 Å². The lowest BCUT2D eigenvalue weighted by Crippen LogP contribution is -2.57. The van der Waals surface area contributed by atoms with Crippen molar-refractivity contribution < 1.29 is 41.0 Å². The van der Waals surface area contributed by atoms with E-state index in [1.165, 1.54) is 9.80 Å². The summed E-state index contributed by atoms with van der Waals surface area (Å²) < 4.78 is 79.6. The molecule has 2 aliphatic heterocycles. The number of amides is 2. The Morgan fingerprint density at radius 2 is 1.54 bits per heavy atom. The van der Waals surface area contributed by atoms with Gasteiger partial charge in [0.15, 0.2) is 0 Å². The van der Waals surface area contributed by atoms with Gasteiger partial charge in [0.2, 0.25) is 5.91 Å². The van der Waals surface area contributed by atoms with E-state index in [2.05, 4.69) is 0 Å². The van der Waals surface area contributed by atoms with Crippen LogP contribution in [0.2, 0.25) is 0 Å². The van der Waals surface area contributed by atoms with E-state index in [9.17, 15) is 41.0 Å². The predicted molar refractivity (Wildman–Crippen MR) is 122 cm³/mol. The third kappa shape index (κ3) is 4.98. The predicted octanol–water partition coefficient (Wildman–Crippen LogP) is 4.31. The SMILES string of the molecule is Cc1ccccc1N1CN(CCO)C(=O)C12CCN(C(=O)c1cc(C(F)(F)F)cc(C(F)(F)F)c1)CC2. The summed E-state index contributed by atoms with van der Waals surface area (Å²) in [5, 5.41) is 9.42. The number of para-hydroxylation sites is 1. The second-order valence-electron chi connectivity index (χ2n) is 9.27. The number of aliphatic hydroxyl groups is 1. The van der Waals surface area contributed by atoms with E-state index in [4.69, 9.17) is 0 Å². The molecule has 0 atom stereocenters. The average molecular weight is 529 g/mol. The van der Waals surface area contributed by atoms with Crippen molar-refractivity contribution in [1.82, 2.24) is 9.80 Å². The quantitative estimate of drug-likeness (QED) is 0.600. The first kappa shape index (κ1) is 26.8. The van der Waals surface area contributed by atoms with E-state index >= 15 is 0 Å². The summed E-state index contributed by atoms with van der Waals surface area (Å²) in [5.41, 5.74) is -3.19. The van der Waals surface area contributed by atoms with Crippen molar-refractivity contribution in [2.45, 2.75) is 37.7 Å². The van der Waals surface area contributed by atoms with Gasteiger partial charge >= 0.3 is 12.4 Å². The topological polar surface area (TPSA) is 64.1 Å². The van der Waals surface area contributed by atoms with Crippen LogP contribution in [0.15, 0.2) is 42.5 Å². The van der Waals surface area contributed by atoms with Crippen molar-refractivity contribution in [2.75, 3.05) is 37.8 Å². The van der Waals surface area contributed by atoms with Gasteiger partial charge in [-0.05, 0) is 49.6 Å². The number of halogens is 6. The number of β-amino-alcohol motifs (C(OH)–C–C–N with tert-alkyl or cyclic N) is 1. The zero-order valence-electron chi connectivity index (χ0n) is 19.9. The lowest BCUT2D eigenvalue weighted by atomic mass is 9.85. The monoisotopic (exact) mass is 529 g/mol. The molecule has 0 aromatic heterocycles. The van der Waals surface area contributed by atoms with Crippen molar-refractivity contribution in [3.8, 4) is 0 Å². The fraction of sp³-hybridized carbons (Fsp3) is 0.440. The lowest BCUT2D eigenvalue weighted by molar-refractivity contribution is -0.143. The molecule has 0 radical (unpaired) electrons. The Morgan fingerprint density at radius 1 is 0.973 bits per heavy atom. The van der Waals surface area contributed by atoms with Gasteiger partial charge in [-0.1, -0.05) is 18.2 Å². The molecule has 2 fully saturated rings. The first-order valence-corrected chi connectivity index (χ1v) is 11.6. The molecular weight excluding hydrogens is 504 g/mol. The second kappa shape index (κ2) is 9.55. The Bertz CT molecular complexity index is 1160. The van der Waals surface area contributed by atoms with Crippen molar-refractivity contribution in [3.63, 3.8) is 0 Å². The highest BCUT2D eigenvalue weighted by Gasteiger charge is 2.54. The number of aryl methyl sites for hydroxylation is 1. The first-order chi connectivity index (χ1) is 17.3. The molecule has 0 aliphatic carbocycles. The average Bonchev–Trinajstić information content (AvgIpc) is 3.09. The van der Waals surface area contributed by atoms with Crippen LogP contribution in [-0.4, -0.2) is 65.2 Å². The molecule has 12 heteroatoms. The highest BCUT2D eigenvalue weighted by molar-refractivity contribution is 5.96. The van der Waals surface area contributed by atoms with Crippen LogP contribution in [0.3, 0.4) is 0 Å². The summed E-state index contributed by atoms with van der Waals surface area (Å²) in [7, 11) is 0. The third-order valence-corrected chi connectivity index (χ3v) is 7.00. The highest BCUT2D eigenvalue weighted by Crippen LogP contribution is 2.41. The number of carbonyl (C=O) groups is 2. The Morgan fingerprint density at radius 3 is 2.05 bits per heavy atom. The largest absolute Gasteiger partial charge is 0.416 e. The van der Waals surface area contributed by atoms with Gasteiger partial charge in [-0.25, -0.2) is 0 Å². The number of anilines is 1. The maximum absolute atomic E-state index is 13.4. The van der Waals surface area contributed by atoms with Gasteiger partial charge in [-0.15, -0.1) is 0 Å². The fourth-order valence-corrected chi connectivity index (χ4v) is 5.07. The molecule has 2 aromatic carbocycles. The number of hydrogen-bond acceptors (Lipinski definition) is 4. The molecule has 2 saturated heterocycles. The molecule has 1 N–H and O–H groups in total. The van der Waals surface area contributed by atoms with Crippen LogP contribution < -0.4 is 4.90 Å². The number of benzene rings is 2. The maximum atomic E-state index is 13.4. The van der Waals surface area contributed by atoms with Gasteiger partial charge < -0.3 is 19.8 Å². The molecule has 2 aliphatic rings. The minimum absolute atomic E-state index is 0.0189. The van der Waals surface area contributed by atoms with Gasteiger partial charge in [0.05, 0.1) is 24.4 Å². The second-order valence-corrected chi connectivity index (χ2v) is 9.27. The fourth-order valence-electron chi connectivity index (χ4n) is 5.07. The van der Waals surface area contributed by atoms with Crippen LogP contribution in [0.5, 0.6) is 0 Å². The number of rotatable bonds is 4. The molecule has 2 amide bonds. The number of piperidine rings is 1. The Kier molecular flexibility index (Phi) is 6.91. The molecular formula is C25H25F6N3O3. The lowest BCUT2D eigenvalue weighted by Gasteiger charge is -2.43. The minimum atomic E-state index is -5.07. The number of likely N-dealkylation sites (tertiary alicyclic amines) is 1. The molecule has 6 nitrogen and oxygen atoms in total. The molecule has 200 valence electrons. The van der Waals surface area contributed by atoms with Gasteiger partial charge in [0.25, 0.3) is 5.91 Å². The van der Waals surface area contributed by atoms with Crippen molar-refractivity contribution in [1.29, 1.82) is 0 Å². The maximum Gasteiger partial charge on any atom is 0.416 e. The Labute approximate surface area is 209 Å². The van der Waals surface area contributed by atoms with Crippen LogP contribution in [0.25, 0.3) is 0 Å². The molecule has 1 spiro atoms. The summed E-state index contributed by atoms with van der Waals surface area (Å²) in [6, 6.07) is 8.23. The normalized spacial score (nSPS) is 18.2. The summed E-state index contributed by atoms with van der Waals surface area (Å²) >= 11 is 0. The third-order valence-electron chi connectivity index (χ3n) is 7.00. The number of aliphatic hydroxyl groups excluding tert-OH is 1. The van der Waals surface area contributed by atoms with Gasteiger partial charge in [0, 0.05) is 30.9 Å². The molecule has 0 bridgehead atoms. The van der Waals surface area contributed by atoms with Crippen molar-refractivity contribution >= 4 is 17.5 Å². The van der Waals surface area contributed by atoms with E-state index < -0.39 is 40.5 Å². The summed E-state index contributed by atoms with van der Waals surface area (Å²) in [5.74, 6) is -1.21. The molecule has 0 unspecified atom stereocenters. The molecule has 2 heterocycles. The zero-order valence-corrected chi connectivity index (χ0v) is 19.9. The molecule has 37 heavy (non-hydrogen) atoms. The molecule has 2 aromatic rings. The van der Waals surface area contributed by atoms with E-state index in [0.29, 0.717) is 12.1 Å². The standard InChI is InChI=1S/C25H25F6N3O3/c1-16-4-2-3-5-20(16)34-15-33(10-11-35)22(37)23(34)6-8-32(9-7-23)21(36)17-12-18(24(26,27)28)14-19(13-17)25(29,30)31/h2-5,12-14,35H,6-11,15H2,1H3. The van der Waals surface area contributed by atoms with E-state index in [0.717, 1.165) is 11.3 Å². The highest BCUT2D eigenvalue weighted by atomic mass is 19.4. The van der Waals surface area contributed by atoms with Gasteiger partial charge in [-0.3, -0.25) is 9.59 Å². The zero-order chi connectivity index (χ0) is 27.2. The minimum Gasteiger partial charge on any atom is -0.395 e. The van der Waals surface area contributed by atoms with E-state index in [-0.39, 0.29) is 57.7 Å². The number of hydrogen-bond donors (Lipinski definition) is 1. The summed E-state index contributed by atoms with van der Waals surface area (Å²) in [6.45, 7) is 1.86. The van der Waals surface area contributed by atoms with Gasteiger partial charge in [-0.2, -0.15) is 26.3 Å². The summed E-state index contributed by atoms with van der Waals surface area (Å²) in [6.07, 6.45) is -9.89. The van der Waals surface area contributed by atoms with Crippen molar-refractivity contribution in [3.05, 3.63) is 64.7 Å². The van der Waals surface area contributed by atoms with Crippen LogP contribution >= 0.6 is 0 Å². The van der Waals surface area contributed by atoms with Crippen LogP contribution in [0.1, 0.15) is 39.9 Å². The Hall–Kier alpha value is -3.28. The molecule has 4 rings (SSSR count).